The molecule has 0 atom stereocenters. The Labute approximate surface area is 62.9 Å². The van der Waals surface area contributed by atoms with Crippen LogP contribution in [-0.4, -0.2) is 30.4 Å². The predicted octanol–water partition coefficient (Wildman–Crippen LogP) is 1.38. The lowest BCUT2D eigenvalue weighted by atomic mass is 10.2. The number of nitrogens with zero attached hydrogens (tertiary/aromatic N) is 2. The normalized spacial score (nSPS) is 18.4. The first kappa shape index (κ1) is 7.58. The Balaban J connectivity index is 2.35. The number of hydrogen-bond donors (Lipinski definition) is 0. The lowest BCUT2D eigenvalue weighted by molar-refractivity contribution is 0.392. The van der Waals surface area contributed by atoms with Crippen LogP contribution in [0.2, 0.25) is 0 Å². The van der Waals surface area contributed by atoms with Crippen LogP contribution in [-0.2, 0) is 0 Å². The molecule has 1 heterocycles. The van der Waals surface area contributed by atoms with Crippen molar-refractivity contribution >= 4 is 5.84 Å². The summed E-state index contributed by atoms with van der Waals surface area (Å²) in [4.78, 5) is 6.67. The molecule has 2 heteroatoms. The third-order valence-corrected chi connectivity index (χ3v) is 1.75. The SMILES string of the molecule is CC1=NCCN1CC(C)C. The Morgan fingerprint density at radius 3 is 2.70 bits per heavy atom. The van der Waals surface area contributed by atoms with Crippen LogP contribution >= 0.6 is 0 Å². The molecule has 0 aromatic heterocycles. The van der Waals surface area contributed by atoms with Crippen LogP contribution in [0.5, 0.6) is 0 Å². The Hall–Kier alpha value is -0.530. The van der Waals surface area contributed by atoms with Crippen LogP contribution < -0.4 is 0 Å². The van der Waals surface area contributed by atoms with Crippen LogP contribution in [0.25, 0.3) is 0 Å². The van der Waals surface area contributed by atoms with Crippen molar-refractivity contribution in [3.05, 3.63) is 0 Å². The standard InChI is InChI=1S/C8H16N2/c1-7(2)6-10-5-4-9-8(10)3/h7H,4-6H2,1-3H3. The molecule has 1 rings (SSSR count). The minimum Gasteiger partial charge on any atom is -0.358 e. The summed E-state index contributed by atoms with van der Waals surface area (Å²) in [7, 11) is 0. The van der Waals surface area contributed by atoms with E-state index in [9.17, 15) is 0 Å². The molecular formula is C8H16N2. The molecule has 1 aliphatic heterocycles. The van der Waals surface area contributed by atoms with Gasteiger partial charge in [0.2, 0.25) is 0 Å². The molecule has 0 aliphatic carbocycles. The summed E-state index contributed by atoms with van der Waals surface area (Å²) in [5.74, 6) is 1.97. The Morgan fingerprint density at radius 2 is 2.30 bits per heavy atom. The molecule has 0 saturated heterocycles. The predicted molar refractivity (Wildman–Crippen MR) is 44.4 cm³/mol. The Kier molecular flexibility index (Phi) is 2.30. The fraction of sp³-hybridized carbons (Fsp3) is 0.875. The second kappa shape index (κ2) is 3.04. The fourth-order valence-electron chi connectivity index (χ4n) is 1.26. The minimum absolute atomic E-state index is 0.753. The van der Waals surface area contributed by atoms with Gasteiger partial charge in [0, 0.05) is 13.1 Å². The molecule has 0 aromatic rings. The van der Waals surface area contributed by atoms with Gasteiger partial charge >= 0.3 is 0 Å². The molecule has 0 bridgehead atoms. The highest BCUT2D eigenvalue weighted by molar-refractivity contribution is 5.81. The highest BCUT2D eigenvalue weighted by Gasteiger charge is 2.12. The van der Waals surface area contributed by atoms with Crippen LogP contribution in [0.3, 0.4) is 0 Å². The van der Waals surface area contributed by atoms with E-state index in [1.807, 2.05) is 0 Å². The van der Waals surface area contributed by atoms with Gasteiger partial charge in [-0.1, -0.05) is 13.8 Å². The van der Waals surface area contributed by atoms with Crippen molar-refractivity contribution in [3.8, 4) is 0 Å². The van der Waals surface area contributed by atoms with E-state index in [4.69, 9.17) is 0 Å². The maximum Gasteiger partial charge on any atom is 0.0959 e. The van der Waals surface area contributed by atoms with E-state index in [1.165, 1.54) is 5.84 Å². The summed E-state index contributed by atoms with van der Waals surface area (Å²) in [6.07, 6.45) is 0. The summed E-state index contributed by atoms with van der Waals surface area (Å²) < 4.78 is 0. The minimum atomic E-state index is 0.753. The molecule has 0 amide bonds. The zero-order valence-electron chi connectivity index (χ0n) is 7.09. The fourth-order valence-corrected chi connectivity index (χ4v) is 1.26. The highest BCUT2D eigenvalue weighted by Crippen LogP contribution is 2.04. The van der Waals surface area contributed by atoms with Crippen molar-refractivity contribution in [3.63, 3.8) is 0 Å². The van der Waals surface area contributed by atoms with Crippen LogP contribution in [0.1, 0.15) is 20.8 Å². The summed E-state index contributed by atoms with van der Waals surface area (Å²) in [6, 6.07) is 0. The van der Waals surface area contributed by atoms with Gasteiger partial charge in [-0.2, -0.15) is 0 Å². The molecule has 0 aromatic carbocycles. The van der Waals surface area contributed by atoms with E-state index >= 15 is 0 Å². The smallest absolute Gasteiger partial charge is 0.0959 e. The van der Waals surface area contributed by atoms with Crippen molar-refractivity contribution in [1.29, 1.82) is 0 Å². The van der Waals surface area contributed by atoms with E-state index in [1.54, 1.807) is 0 Å². The third-order valence-electron chi connectivity index (χ3n) is 1.75. The number of rotatable bonds is 2. The van der Waals surface area contributed by atoms with Crippen LogP contribution in [0, 0.1) is 5.92 Å². The van der Waals surface area contributed by atoms with Crippen LogP contribution in [0.15, 0.2) is 4.99 Å². The zero-order valence-corrected chi connectivity index (χ0v) is 7.09. The molecule has 0 fully saturated rings. The summed E-state index contributed by atoms with van der Waals surface area (Å²) >= 11 is 0. The van der Waals surface area contributed by atoms with Gasteiger partial charge in [-0.3, -0.25) is 4.99 Å². The molecule has 10 heavy (non-hydrogen) atoms. The Morgan fingerprint density at radius 1 is 1.60 bits per heavy atom. The number of aliphatic imine (C=N–C) groups is 1. The first-order valence-corrected chi connectivity index (χ1v) is 3.96. The average Bonchev–Trinajstić information content (AvgIpc) is 2.15. The molecule has 0 saturated carbocycles. The molecular weight excluding hydrogens is 124 g/mol. The zero-order chi connectivity index (χ0) is 7.56. The third kappa shape index (κ3) is 1.72. The van der Waals surface area contributed by atoms with Gasteiger partial charge in [-0.25, -0.2) is 0 Å². The second-order valence-electron chi connectivity index (χ2n) is 3.27. The van der Waals surface area contributed by atoms with Gasteiger partial charge in [-0.15, -0.1) is 0 Å². The number of amidine groups is 1. The molecule has 0 radical (unpaired) electrons. The average molecular weight is 140 g/mol. The molecule has 0 spiro atoms. The lowest BCUT2D eigenvalue weighted by Gasteiger charge is -2.19. The van der Waals surface area contributed by atoms with Crippen molar-refractivity contribution < 1.29 is 0 Å². The van der Waals surface area contributed by atoms with Crippen LogP contribution in [0.4, 0.5) is 0 Å². The van der Waals surface area contributed by atoms with Crippen molar-refractivity contribution in [2.24, 2.45) is 10.9 Å². The van der Waals surface area contributed by atoms with E-state index < -0.39 is 0 Å². The van der Waals surface area contributed by atoms with E-state index in [-0.39, 0.29) is 0 Å². The van der Waals surface area contributed by atoms with Gasteiger partial charge in [0.05, 0.1) is 12.4 Å². The van der Waals surface area contributed by atoms with Gasteiger partial charge < -0.3 is 4.90 Å². The first-order chi connectivity index (χ1) is 4.70. The van der Waals surface area contributed by atoms with E-state index in [2.05, 4.69) is 30.7 Å². The summed E-state index contributed by atoms with van der Waals surface area (Å²) in [6.45, 7) is 9.87. The quantitative estimate of drug-likeness (QED) is 0.565. The number of hydrogen-bond acceptors (Lipinski definition) is 2. The first-order valence-electron chi connectivity index (χ1n) is 3.96. The molecule has 2 nitrogen and oxygen atoms in total. The molecule has 0 N–H and O–H groups in total. The van der Waals surface area contributed by atoms with Crippen molar-refractivity contribution in [2.75, 3.05) is 19.6 Å². The van der Waals surface area contributed by atoms with Gasteiger partial charge in [0.1, 0.15) is 0 Å². The van der Waals surface area contributed by atoms with Crippen molar-refractivity contribution in [2.45, 2.75) is 20.8 Å². The van der Waals surface area contributed by atoms with E-state index in [0.29, 0.717) is 0 Å². The molecule has 1 aliphatic rings. The van der Waals surface area contributed by atoms with E-state index in [0.717, 1.165) is 25.6 Å². The van der Waals surface area contributed by atoms with Gasteiger partial charge in [-0.05, 0) is 12.8 Å². The Bertz CT molecular complexity index is 138. The largest absolute Gasteiger partial charge is 0.358 e. The summed E-state index contributed by atoms with van der Waals surface area (Å²) in [5.41, 5.74) is 0. The molecule has 58 valence electrons. The van der Waals surface area contributed by atoms with Crippen molar-refractivity contribution in [1.82, 2.24) is 4.90 Å². The molecule has 0 unspecified atom stereocenters. The lowest BCUT2D eigenvalue weighted by Crippen LogP contribution is -2.29. The van der Waals surface area contributed by atoms with Gasteiger partial charge in [0.15, 0.2) is 0 Å². The van der Waals surface area contributed by atoms with Gasteiger partial charge in [0.25, 0.3) is 0 Å². The summed E-state index contributed by atoms with van der Waals surface area (Å²) in [5, 5.41) is 0. The monoisotopic (exact) mass is 140 g/mol. The second-order valence-corrected chi connectivity index (χ2v) is 3.27. The highest BCUT2D eigenvalue weighted by atomic mass is 15.2. The maximum absolute atomic E-state index is 4.31. The maximum atomic E-state index is 4.31. The topological polar surface area (TPSA) is 15.6 Å².